The molecule has 0 saturated carbocycles. The highest BCUT2D eigenvalue weighted by Crippen LogP contribution is 2.30. The van der Waals surface area contributed by atoms with E-state index < -0.39 is 29.0 Å². The molecule has 0 saturated heterocycles. The van der Waals surface area contributed by atoms with Gasteiger partial charge in [0.2, 0.25) is 11.8 Å². The van der Waals surface area contributed by atoms with E-state index in [1.54, 1.807) is 24.3 Å². The molecule has 2 heterocycles. The molecule has 8 heteroatoms. The highest BCUT2D eigenvalue weighted by Gasteiger charge is 2.35. The zero-order chi connectivity index (χ0) is 20.4. The third kappa shape index (κ3) is 3.73. The van der Waals surface area contributed by atoms with Gasteiger partial charge in [-0.2, -0.15) is 0 Å². The van der Waals surface area contributed by atoms with Gasteiger partial charge in [0, 0.05) is 12.1 Å². The molecule has 1 aliphatic heterocycles. The number of aromatic amines is 1. The molecule has 8 nitrogen and oxygen atoms in total. The van der Waals surface area contributed by atoms with Crippen LogP contribution >= 0.6 is 0 Å². The molecule has 4 rings (SSSR count). The number of hydrogen-bond acceptors (Lipinski definition) is 4. The minimum Gasteiger partial charge on any atom is -0.326 e. The molecule has 1 aliphatic rings. The first-order chi connectivity index (χ1) is 14.0. The smallest absolute Gasteiger partial charge is 0.326 e. The first-order valence-electron chi connectivity index (χ1n) is 9.09. The van der Waals surface area contributed by atoms with Crippen molar-refractivity contribution in [1.29, 1.82) is 0 Å². The molecule has 0 bridgehead atoms. The molecule has 29 heavy (non-hydrogen) atoms. The Bertz CT molecular complexity index is 1180. The SMILES string of the molecule is O=C1C[C@@H](C(=O)Nc2ccccc2)c2c(n(Cc3ccccc3)c(=O)[nH]c2=O)N1. The Hall–Kier alpha value is -3.94. The van der Waals surface area contributed by atoms with E-state index in [2.05, 4.69) is 15.6 Å². The van der Waals surface area contributed by atoms with Gasteiger partial charge in [0.25, 0.3) is 5.56 Å². The number of nitrogens with zero attached hydrogens (tertiary/aromatic N) is 1. The Morgan fingerprint density at radius 2 is 1.66 bits per heavy atom. The average molecular weight is 390 g/mol. The standard InChI is InChI=1S/C21H18N4O4/c26-16-11-15(19(27)22-14-9-5-2-6-10-14)17-18(23-16)25(21(29)24-20(17)28)12-13-7-3-1-4-8-13/h1-10,15H,11-12H2,(H,22,27)(H,23,26)(H,24,28,29)/t15-/m1/s1. The zero-order valence-electron chi connectivity index (χ0n) is 15.3. The average Bonchev–Trinajstić information content (AvgIpc) is 2.72. The van der Waals surface area contributed by atoms with Crippen molar-refractivity contribution in [2.45, 2.75) is 18.9 Å². The second-order valence-corrected chi connectivity index (χ2v) is 6.75. The summed E-state index contributed by atoms with van der Waals surface area (Å²) in [6.45, 7) is 0.145. The van der Waals surface area contributed by atoms with Crippen LogP contribution in [-0.4, -0.2) is 21.4 Å². The maximum Gasteiger partial charge on any atom is 0.330 e. The van der Waals surface area contributed by atoms with Gasteiger partial charge >= 0.3 is 5.69 Å². The number of para-hydroxylation sites is 1. The van der Waals surface area contributed by atoms with Crippen molar-refractivity contribution in [3.63, 3.8) is 0 Å². The van der Waals surface area contributed by atoms with Gasteiger partial charge in [-0.15, -0.1) is 0 Å². The number of fused-ring (bicyclic) bond motifs is 1. The molecule has 0 unspecified atom stereocenters. The van der Waals surface area contributed by atoms with Gasteiger partial charge < -0.3 is 10.6 Å². The molecule has 1 atom stereocenters. The summed E-state index contributed by atoms with van der Waals surface area (Å²) in [5, 5.41) is 5.33. The number of rotatable bonds is 4. The zero-order valence-corrected chi connectivity index (χ0v) is 15.3. The number of hydrogen-bond donors (Lipinski definition) is 3. The summed E-state index contributed by atoms with van der Waals surface area (Å²) in [5.74, 6) is -1.86. The first-order valence-corrected chi connectivity index (χ1v) is 9.09. The number of benzene rings is 2. The molecule has 3 N–H and O–H groups in total. The highest BCUT2D eigenvalue weighted by molar-refractivity contribution is 6.04. The Balaban J connectivity index is 1.77. The van der Waals surface area contributed by atoms with E-state index in [9.17, 15) is 19.2 Å². The number of aromatic nitrogens is 2. The lowest BCUT2D eigenvalue weighted by Gasteiger charge is -2.26. The maximum atomic E-state index is 12.9. The lowest BCUT2D eigenvalue weighted by atomic mass is 9.92. The molecule has 1 aromatic heterocycles. The minimum absolute atomic E-state index is 0.0621. The first kappa shape index (κ1) is 18.4. The van der Waals surface area contributed by atoms with Crippen molar-refractivity contribution in [1.82, 2.24) is 9.55 Å². The summed E-state index contributed by atoms with van der Waals surface area (Å²) in [6, 6.07) is 17.9. The Kier molecular flexibility index (Phi) is 4.82. The van der Waals surface area contributed by atoms with Crippen molar-refractivity contribution in [2.24, 2.45) is 0 Å². The normalized spacial score (nSPS) is 15.3. The topological polar surface area (TPSA) is 113 Å². The van der Waals surface area contributed by atoms with Crippen LogP contribution in [0.15, 0.2) is 70.3 Å². The van der Waals surface area contributed by atoms with E-state index in [1.807, 2.05) is 36.4 Å². The number of carbonyl (C=O) groups is 2. The summed E-state index contributed by atoms with van der Waals surface area (Å²) < 4.78 is 1.27. The van der Waals surface area contributed by atoms with Gasteiger partial charge in [-0.1, -0.05) is 48.5 Å². The summed E-state index contributed by atoms with van der Waals surface area (Å²) in [5.41, 5.74) is 0.117. The van der Waals surface area contributed by atoms with Gasteiger partial charge in [-0.3, -0.25) is 23.9 Å². The van der Waals surface area contributed by atoms with E-state index in [0.717, 1.165) is 5.56 Å². The monoisotopic (exact) mass is 390 g/mol. The summed E-state index contributed by atoms with van der Waals surface area (Å²) in [4.78, 5) is 52.4. The molecule has 3 aromatic rings. The van der Waals surface area contributed by atoms with Gasteiger partial charge in [0.15, 0.2) is 0 Å². The molecule has 146 valence electrons. The Labute approximate surface area is 165 Å². The van der Waals surface area contributed by atoms with Crippen molar-refractivity contribution < 1.29 is 9.59 Å². The summed E-state index contributed by atoms with van der Waals surface area (Å²) in [7, 11) is 0. The van der Waals surface area contributed by atoms with E-state index in [1.165, 1.54) is 4.57 Å². The van der Waals surface area contributed by atoms with Crippen LogP contribution in [0.2, 0.25) is 0 Å². The molecule has 0 aliphatic carbocycles. The molecule has 0 fully saturated rings. The summed E-state index contributed by atoms with van der Waals surface area (Å²) >= 11 is 0. The largest absolute Gasteiger partial charge is 0.330 e. The second-order valence-electron chi connectivity index (χ2n) is 6.75. The quantitative estimate of drug-likeness (QED) is 0.629. The van der Waals surface area contributed by atoms with E-state index in [0.29, 0.717) is 5.69 Å². The van der Waals surface area contributed by atoms with Crippen LogP contribution < -0.4 is 21.9 Å². The molecule has 2 aromatic carbocycles. The lowest BCUT2D eigenvalue weighted by Crippen LogP contribution is -2.42. The van der Waals surface area contributed by atoms with Crippen LogP contribution in [0.25, 0.3) is 0 Å². The van der Waals surface area contributed by atoms with Gasteiger partial charge in [0.05, 0.1) is 18.0 Å². The van der Waals surface area contributed by atoms with E-state index in [-0.39, 0.29) is 24.3 Å². The molecule has 0 radical (unpaired) electrons. The van der Waals surface area contributed by atoms with E-state index >= 15 is 0 Å². The van der Waals surface area contributed by atoms with Crippen molar-refractivity contribution in [3.8, 4) is 0 Å². The number of amides is 2. The molecular weight excluding hydrogens is 372 g/mol. The molecule has 2 amide bonds. The number of anilines is 2. The fourth-order valence-corrected chi connectivity index (χ4v) is 3.41. The highest BCUT2D eigenvalue weighted by atomic mass is 16.2. The van der Waals surface area contributed by atoms with Crippen LogP contribution in [0.4, 0.5) is 11.5 Å². The fourth-order valence-electron chi connectivity index (χ4n) is 3.41. The third-order valence-corrected chi connectivity index (χ3v) is 4.77. The van der Waals surface area contributed by atoms with Gasteiger partial charge in [-0.05, 0) is 17.7 Å². The predicted molar refractivity (Wildman–Crippen MR) is 108 cm³/mol. The number of H-pyrrole nitrogens is 1. The lowest BCUT2D eigenvalue weighted by molar-refractivity contribution is -0.123. The van der Waals surface area contributed by atoms with Crippen LogP contribution in [0.1, 0.15) is 23.5 Å². The van der Waals surface area contributed by atoms with Crippen molar-refractivity contribution in [2.75, 3.05) is 10.6 Å². The van der Waals surface area contributed by atoms with Crippen LogP contribution in [0, 0.1) is 0 Å². The van der Waals surface area contributed by atoms with E-state index in [4.69, 9.17) is 0 Å². The fraction of sp³-hybridized carbons (Fsp3) is 0.143. The minimum atomic E-state index is -1.01. The molecular formula is C21H18N4O4. The van der Waals surface area contributed by atoms with Crippen LogP contribution in [0.5, 0.6) is 0 Å². The molecule has 0 spiro atoms. The van der Waals surface area contributed by atoms with Crippen LogP contribution in [0.3, 0.4) is 0 Å². The predicted octanol–water partition coefficient (Wildman–Crippen LogP) is 1.65. The number of carbonyl (C=O) groups excluding carboxylic acids is 2. The Morgan fingerprint density at radius 3 is 2.34 bits per heavy atom. The number of nitrogens with one attached hydrogen (secondary N) is 3. The Morgan fingerprint density at radius 1 is 1.00 bits per heavy atom. The van der Waals surface area contributed by atoms with Gasteiger partial charge in [-0.25, -0.2) is 4.79 Å². The summed E-state index contributed by atoms with van der Waals surface area (Å²) in [6.07, 6.45) is -0.182. The second kappa shape index (κ2) is 7.59. The van der Waals surface area contributed by atoms with Gasteiger partial charge in [0.1, 0.15) is 5.82 Å². The third-order valence-electron chi connectivity index (χ3n) is 4.77. The van der Waals surface area contributed by atoms with Crippen molar-refractivity contribution in [3.05, 3.63) is 92.6 Å². The maximum absolute atomic E-state index is 12.9. The van der Waals surface area contributed by atoms with Crippen LogP contribution in [-0.2, 0) is 16.1 Å². The van der Waals surface area contributed by atoms with Crippen molar-refractivity contribution >= 4 is 23.3 Å².